The van der Waals surface area contributed by atoms with Crippen molar-refractivity contribution in [2.24, 2.45) is 5.73 Å². The average Bonchev–Trinajstić information content (AvgIpc) is 2.40. The van der Waals surface area contributed by atoms with Gasteiger partial charge >= 0.3 is 0 Å². The summed E-state index contributed by atoms with van der Waals surface area (Å²) in [5.74, 6) is -1.74. The zero-order valence-corrected chi connectivity index (χ0v) is 12.7. The highest BCUT2D eigenvalue weighted by Crippen LogP contribution is 2.22. The number of aryl methyl sites for hydroxylation is 1. The van der Waals surface area contributed by atoms with E-state index in [9.17, 15) is 14.0 Å². The van der Waals surface area contributed by atoms with Gasteiger partial charge in [0.2, 0.25) is 5.91 Å². The normalized spacial score (nSPS) is 10.2. The van der Waals surface area contributed by atoms with E-state index < -0.39 is 17.6 Å². The molecule has 2 rings (SSSR count). The first-order chi connectivity index (χ1) is 9.90. The zero-order chi connectivity index (χ0) is 15.6. The molecule has 108 valence electrons. The Morgan fingerprint density at radius 3 is 2.52 bits per heavy atom. The quantitative estimate of drug-likeness (QED) is 0.891. The Balaban J connectivity index is 2.30. The third kappa shape index (κ3) is 3.28. The Morgan fingerprint density at radius 1 is 1.24 bits per heavy atom. The second-order valence-corrected chi connectivity index (χ2v) is 5.30. The van der Waals surface area contributed by atoms with Gasteiger partial charge in [0, 0.05) is 15.7 Å². The Kier molecular flexibility index (Phi) is 4.37. The van der Waals surface area contributed by atoms with E-state index in [2.05, 4.69) is 21.2 Å². The SMILES string of the molecule is Cc1cc(C(N)=O)ccc1NC(=O)c1c(F)cccc1Br. The van der Waals surface area contributed by atoms with Crippen molar-refractivity contribution >= 4 is 33.4 Å². The lowest BCUT2D eigenvalue weighted by Gasteiger charge is -2.11. The highest BCUT2D eigenvalue weighted by molar-refractivity contribution is 9.10. The highest BCUT2D eigenvalue weighted by Gasteiger charge is 2.16. The molecular weight excluding hydrogens is 339 g/mol. The van der Waals surface area contributed by atoms with Gasteiger partial charge in [-0.25, -0.2) is 4.39 Å². The van der Waals surface area contributed by atoms with Crippen molar-refractivity contribution in [1.82, 2.24) is 0 Å². The molecule has 0 bridgehead atoms. The number of hydrogen-bond acceptors (Lipinski definition) is 2. The maximum Gasteiger partial charge on any atom is 0.259 e. The Morgan fingerprint density at radius 2 is 1.95 bits per heavy atom. The van der Waals surface area contributed by atoms with Crippen molar-refractivity contribution < 1.29 is 14.0 Å². The summed E-state index contributed by atoms with van der Waals surface area (Å²) in [7, 11) is 0. The summed E-state index contributed by atoms with van der Waals surface area (Å²) in [5.41, 5.74) is 6.60. The Hall–Kier alpha value is -2.21. The van der Waals surface area contributed by atoms with Crippen LogP contribution in [0.15, 0.2) is 40.9 Å². The molecule has 0 fully saturated rings. The molecule has 0 aromatic heterocycles. The van der Waals surface area contributed by atoms with Crippen LogP contribution in [0.5, 0.6) is 0 Å². The van der Waals surface area contributed by atoms with Crippen molar-refractivity contribution in [2.45, 2.75) is 6.92 Å². The van der Waals surface area contributed by atoms with Crippen molar-refractivity contribution in [3.8, 4) is 0 Å². The largest absolute Gasteiger partial charge is 0.366 e. The molecule has 0 radical (unpaired) electrons. The van der Waals surface area contributed by atoms with E-state index in [0.29, 0.717) is 21.3 Å². The second-order valence-electron chi connectivity index (χ2n) is 4.44. The molecule has 2 amide bonds. The van der Waals surface area contributed by atoms with Crippen molar-refractivity contribution in [3.05, 3.63) is 63.4 Å². The molecule has 4 nitrogen and oxygen atoms in total. The van der Waals surface area contributed by atoms with Crippen LogP contribution < -0.4 is 11.1 Å². The molecule has 0 saturated carbocycles. The van der Waals surface area contributed by atoms with Crippen LogP contribution in [-0.2, 0) is 0 Å². The summed E-state index contributed by atoms with van der Waals surface area (Å²) in [4.78, 5) is 23.2. The first-order valence-electron chi connectivity index (χ1n) is 6.06. The molecule has 0 atom stereocenters. The molecular formula is C15H12BrFN2O2. The lowest BCUT2D eigenvalue weighted by molar-refractivity contribution is 0.0997. The van der Waals surface area contributed by atoms with Gasteiger partial charge in [0.25, 0.3) is 5.91 Å². The molecule has 0 unspecified atom stereocenters. The van der Waals surface area contributed by atoms with Crippen LogP contribution in [0.4, 0.5) is 10.1 Å². The zero-order valence-electron chi connectivity index (χ0n) is 11.1. The highest BCUT2D eigenvalue weighted by atomic mass is 79.9. The minimum Gasteiger partial charge on any atom is -0.366 e. The smallest absolute Gasteiger partial charge is 0.259 e. The maximum atomic E-state index is 13.7. The van der Waals surface area contributed by atoms with Gasteiger partial charge in [0.15, 0.2) is 0 Å². The summed E-state index contributed by atoms with van der Waals surface area (Å²) in [6.45, 7) is 1.72. The van der Waals surface area contributed by atoms with Crippen molar-refractivity contribution in [1.29, 1.82) is 0 Å². The van der Waals surface area contributed by atoms with E-state index in [1.165, 1.54) is 18.2 Å². The average molecular weight is 351 g/mol. The van der Waals surface area contributed by atoms with Crippen molar-refractivity contribution in [2.75, 3.05) is 5.32 Å². The molecule has 0 aliphatic carbocycles. The van der Waals surface area contributed by atoms with Crippen LogP contribution in [0.1, 0.15) is 26.3 Å². The predicted octanol–water partition coefficient (Wildman–Crippen LogP) is 3.25. The fraction of sp³-hybridized carbons (Fsp3) is 0.0667. The van der Waals surface area contributed by atoms with Crippen LogP contribution in [0.25, 0.3) is 0 Å². The molecule has 21 heavy (non-hydrogen) atoms. The third-order valence-corrected chi connectivity index (χ3v) is 3.61. The standard InChI is InChI=1S/C15H12BrFN2O2/c1-8-7-9(14(18)20)5-6-12(8)19-15(21)13-10(16)3-2-4-11(13)17/h2-7H,1H3,(H2,18,20)(H,19,21). The fourth-order valence-electron chi connectivity index (χ4n) is 1.86. The van der Waals surface area contributed by atoms with Gasteiger partial charge in [-0.3, -0.25) is 9.59 Å². The molecule has 0 saturated heterocycles. The molecule has 0 aliphatic heterocycles. The Labute approximate surface area is 129 Å². The van der Waals surface area contributed by atoms with E-state index >= 15 is 0 Å². The number of amides is 2. The van der Waals surface area contributed by atoms with Crippen LogP contribution in [-0.4, -0.2) is 11.8 Å². The van der Waals surface area contributed by atoms with E-state index in [1.54, 1.807) is 25.1 Å². The number of rotatable bonds is 3. The summed E-state index contributed by atoms with van der Waals surface area (Å²) in [6, 6.07) is 8.92. The monoisotopic (exact) mass is 350 g/mol. The number of hydrogen-bond donors (Lipinski definition) is 2. The molecule has 0 aliphatic rings. The number of primary amides is 1. The second kappa shape index (κ2) is 6.05. The molecule has 0 heterocycles. The van der Waals surface area contributed by atoms with Gasteiger partial charge < -0.3 is 11.1 Å². The van der Waals surface area contributed by atoms with Gasteiger partial charge in [0.05, 0.1) is 5.56 Å². The number of anilines is 1. The van der Waals surface area contributed by atoms with E-state index in [4.69, 9.17) is 5.73 Å². The maximum absolute atomic E-state index is 13.7. The molecule has 2 aromatic rings. The van der Waals surface area contributed by atoms with Gasteiger partial charge in [-0.1, -0.05) is 6.07 Å². The number of benzene rings is 2. The summed E-state index contributed by atoms with van der Waals surface area (Å²) < 4.78 is 14.1. The van der Waals surface area contributed by atoms with Crippen molar-refractivity contribution in [3.63, 3.8) is 0 Å². The first-order valence-corrected chi connectivity index (χ1v) is 6.85. The summed E-state index contributed by atoms with van der Waals surface area (Å²) in [5, 5.41) is 2.61. The molecule has 3 N–H and O–H groups in total. The summed E-state index contributed by atoms with van der Waals surface area (Å²) in [6.07, 6.45) is 0. The number of halogens is 2. The Bertz CT molecular complexity index is 711. The molecule has 2 aromatic carbocycles. The van der Waals surface area contributed by atoms with E-state index in [1.807, 2.05) is 0 Å². The minimum absolute atomic E-state index is 0.0733. The number of carbonyl (C=O) groups is 2. The molecule has 6 heteroatoms. The van der Waals surface area contributed by atoms with Gasteiger partial charge in [-0.05, 0) is 58.7 Å². The number of nitrogens with two attached hydrogens (primary N) is 1. The lowest BCUT2D eigenvalue weighted by Crippen LogP contribution is -2.16. The topological polar surface area (TPSA) is 72.2 Å². The molecule has 0 spiro atoms. The lowest BCUT2D eigenvalue weighted by atomic mass is 10.1. The fourth-order valence-corrected chi connectivity index (χ4v) is 2.38. The van der Waals surface area contributed by atoms with Gasteiger partial charge in [-0.2, -0.15) is 0 Å². The number of carbonyl (C=O) groups excluding carboxylic acids is 2. The van der Waals surface area contributed by atoms with Crippen LogP contribution in [0.2, 0.25) is 0 Å². The first kappa shape index (κ1) is 15.2. The van der Waals surface area contributed by atoms with Crippen LogP contribution >= 0.6 is 15.9 Å². The minimum atomic E-state index is -0.617. The third-order valence-electron chi connectivity index (χ3n) is 2.95. The van der Waals surface area contributed by atoms with E-state index in [0.717, 1.165) is 0 Å². The van der Waals surface area contributed by atoms with Crippen LogP contribution in [0, 0.1) is 12.7 Å². The van der Waals surface area contributed by atoms with Gasteiger partial charge in [0.1, 0.15) is 5.82 Å². The van der Waals surface area contributed by atoms with Crippen LogP contribution in [0.3, 0.4) is 0 Å². The number of nitrogens with one attached hydrogen (secondary N) is 1. The predicted molar refractivity (Wildman–Crippen MR) is 81.8 cm³/mol. The summed E-state index contributed by atoms with van der Waals surface area (Å²) >= 11 is 3.15. The van der Waals surface area contributed by atoms with E-state index in [-0.39, 0.29) is 5.56 Å². The van der Waals surface area contributed by atoms with Gasteiger partial charge in [-0.15, -0.1) is 0 Å².